The predicted octanol–water partition coefficient (Wildman–Crippen LogP) is 5.27. The molecule has 2 aromatic carbocycles. The Labute approximate surface area is 188 Å². The van der Waals surface area contributed by atoms with Crippen LogP contribution in [0.2, 0.25) is 0 Å². The summed E-state index contributed by atoms with van der Waals surface area (Å²) in [4.78, 5) is 17.1. The molecule has 0 spiro atoms. The van der Waals surface area contributed by atoms with E-state index in [2.05, 4.69) is 34.0 Å². The second-order valence-electron chi connectivity index (χ2n) is 7.70. The third kappa shape index (κ3) is 4.61. The Morgan fingerprint density at radius 3 is 2.63 bits per heavy atom. The molecular weight excluding hydrogens is 426 g/mol. The van der Waals surface area contributed by atoms with Crippen LogP contribution in [-0.2, 0) is 4.79 Å². The number of hydrogen-bond acceptors (Lipinski definition) is 3. The van der Waals surface area contributed by atoms with Gasteiger partial charge >= 0.3 is 0 Å². The Morgan fingerprint density at radius 2 is 2.00 bits per heavy atom. The van der Waals surface area contributed by atoms with Gasteiger partial charge in [-0.15, -0.1) is 24.8 Å². The largest absolute Gasteiger partial charge is 0.324 e. The number of imidazole rings is 1. The van der Waals surface area contributed by atoms with E-state index in [9.17, 15) is 9.18 Å². The lowest BCUT2D eigenvalue weighted by Gasteiger charge is -2.16. The smallest absolute Gasteiger partial charge is 0.241 e. The normalized spacial score (nSPS) is 15.7. The van der Waals surface area contributed by atoms with E-state index in [0.717, 1.165) is 47.5 Å². The van der Waals surface area contributed by atoms with Crippen LogP contribution < -0.4 is 10.6 Å². The van der Waals surface area contributed by atoms with Gasteiger partial charge in [-0.3, -0.25) is 4.79 Å². The molecule has 4 rings (SSSR count). The number of hydrogen-bond donors (Lipinski definition) is 2. The third-order valence-electron chi connectivity index (χ3n) is 5.29. The summed E-state index contributed by atoms with van der Waals surface area (Å²) < 4.78 is 15.8. The lowest BCUT2D eigenvalue weighted by molar-refractivity contribution is -0.117. The van der Waals surface area contributed by atoms with Gasteiger partial charge in [0, 0.05) is 23.4 Å². The topological polar surface area (TPSA) is 59.0 Å². The molecule has 1 atom stereocenters. The minimum absolute atomic E-state index is 0. The molecule has 1 aliphatic rings. The van der Waals surface area contributed by atoms with Gasteiger partial charge < -0.3 is 15.2 Å². The Kier molecular flexibility index (Phi) is 7.86. The standard InChI is InChI=1S/C22H25FN4O.2ClH/c1-13(2)27-20-9-7-16(23)12-19(20)25-21(27)15-6-8-17(14(3)11-15)26-22(28)18-5-4-10-24-18;;/h6-9,11-13,18,24H,4-5,10H2,1-3H3,(H,26,28);2*1H. The maximum atomic E-state index is 13.7. The number of benzene rings is 2. The Bertz CT molecular complexity index is 1050. The Balaban J connectivity index is 0.00000160. The molecule has 1 unspecified atom stereocenters. The molecule has 30 heavy (non-hydrogen) atoms. The highest BCUT2D eigenvalue weighted by atomic mass is 35.5. The van der Waals surface area contributed by atoms with Crippen molar-refractivity contribution in [1.29, 1.82) is 0 Å². The number of aryl methyl sites for hydroxylation is 1. The average molecular weight is 453 g/mol. The number of rotatable bonds is 4. The minimum atomic E-state index is -0.290. The summed E-state index contributed by atoms with van der Waals surface area (Å²) in [6.07, 6.45) is 1.90. The molecule has 1 saturated heterocycles. The predicted molar refractivity (Wildman–Crippen MR) is 124 cm³/mol. The van der Waals surface area contributed by atoms with Crippen molar-refractivity contribution < 1.29 is 9.18 Å². The van der Waals surface area contributed by atoms with E-state index in [-0.39, 0.29) is 48.6 Å². The molecule has 1 aromatic heterocycles. The van der Waals surface area contributed by atoms with Crippen molar-refractivity contribution in [2.75, 3.05) is 11.9 Å². The van der Waals surface area contributed by atoms with Crippen LogP contribution in [0.1, 0.15) is 38.3 Å². The number of nitrogens with one attached hydrogen (secondary N) is 2. The van der Waals surface area contributed by atoms with E-state index in [1.165, 1.54) is 12.1 Å². The fourth-order valence-corrected chi connectivity index (χ4v) is 3.87. The van der Waals surface area contributed by atoms with E-state index in [0.29, 0.717) is 5.52 Å². The molecule has 8 heteroatoms. The first kappa shape index (κ1) is 24.1. The summed E-state index contributed by atoms with van der Waals surface area (Å²) in [6.45, 7) is 7.04. The van der Waals surface area contributed by atoms with Gasteiger partial charge in [0.1, 0.15) is 11.6 Å². The summed E-state index contributed by atoms with van der Waals surface area (Å²) in [5, 5.41) is 6.24. The van der Waals surface area contributed by atoms with Crippen molar-refractivity contribution in [3.05, 3.63) is 47.8 Å². The molecule has 1 amide bonds. The summed E-state index contributed by atoms with van der Waals surface area (Å²) in [7, 11) is 0. The van der Waals surface area contributed by atoms with E-state index in [1.807, 2.05) is 25.1 Å². The fourth-order valence-electron chi connectivity index (χ4n) is 3.87. The zero-order chi connectivity index (χ0) is 19.8. The number of fused-ring (bicyclic) bond motifs is 1. The number of nitrogens with zero attached hydrogens (tertiary/aromatic N) is 2. The van der Waals surface area contributed by atoms with Crippen molar-refractivity contribution >= 4 is 47.4 Å². The maximum Gasteiger partial charge on any atom is 0.241 e. The SMILES string of the molecule is Cc1cc(-c2nc3cc(F)ccc3n2C(C)C)ccc1NC(=O)C1CCCN1.Cl.Cl. The second kappa shape index (κ2) is 9.77. The quantitative estimate of drug-likeness (QED) is 0.566. The van der Waals surface area contributed by atoms with Crippen LogP contribution in [0.3, 0.4) is 0 Å². The van der Waals surface area contributed by atoms with Crippen LogP contribution >= 0.6 is 24.8 Å². The van der Waals surface area contributed by atoms with Crippen molar-refractivity contribution in [2.24, 2.45) is 0 Å². The van der Waals surface area contributed by atoms with Crippen LogP contribution in [0, 0.1) is 12.7 Å². The van der Waals surface area contributed by atoms with Gasteiger partial charge in [0.2, 0.25) is 5.91 Å². The summed E-state index contributed by atoms with van der Waals surface area (Å²) in [5.41, 5.74) is 4.28. The van der Waals surface area contributed by atoms with Gasteiger partial charge in [-0.25, -0.2) is 9.37 Å². The molecule has 0 aliphatic carbocycles. The Morgan fingerprint density at radius 1 is 1.23 bits per heavy atom. The molecule has 162 valence electrons. The first-order valence-corrected chi connectivity index (χ1v) is 9.77. The molecule has 2 N–H and O–H groups in total. The van der Waals surface area contributed by atoms with Gasteiger partial charge in [-0.05, 0) is 76.1 Å². The highest BCUT2D eigenvalue weighted by Crippen LogP contribution is 2.31. The molecule has 0 radical (unpaired) electrons. The van der Waals surface area contributed by atoms with Crippen molar-refractivity contribution in [3.8, 4) is 11.4 Å². The highest BCUT2D eigenvalue weighted by Gasteiger charge is 2.22. The number of halogens is 3. The molecule has 3 aromatic rings. The molecular formula is C22H27Cl2FN4O. The first-order chi connectivity index (χ1) is 13.4. The Hall–Kier alpha value is -2.15. The number of amides is 1. The van der Waals surface area contributed by atoms with Crippen LogP contribution in [0.15, 0.2) is 36.4 Å². The first-order valence-electron chi connectivity index (χ1n) is 9.77. The lowest BCUT2D eigenvalue weighted by Crippen LogP contribution is -2.35. The van der Waals surface area contributed by atoms with Crippen LogP contribution in [0.4, 0.5) is 10.1 Å². The lowest BCUT2D eigenvalue weighted by atomic mass is 10.1. The van der Waals surface area contributed by atoms with E-state index < -0.39 is 0 Å². The number of carbonyl (C=O) groups is 1. The van der Waals surface area contributed by atoms with Gasteiger partial charge in [-0.2, -0.15) is 0 Å². The summed E-state index contributed by atoms with van der Waals surface area (Å²) in [6, 6.07) is 10.7. The zero-order valence-electron chi connectivity index (χ0n) is 17.2. The van der Waals surface area contributed by atoms with Crippen LogP contribution in [-0.4, -0.2) is 28.0 Å². The van der Waals surface area contributed by atoms with Gasteiger partial charge in [0.15, 0.2) is 0 Å². The van der Waals surface area contributed by atoms with Crippen LogP contribution in [0.5, 0.6) is 0 Å². The molecule has 0 bridgehead atoms. The molecule has 1 fully saturated rings. The van der Waals surface area contributed by atoms with Gasteiger partial charge in [-0.1, -0.05) is 0 Å². The number of carbonyl (C=O) groups excluding carboxylic acids is 1. The number of aromatic nitrogens is 2. The average Bonchev–Trinajstić information content (AvgIpc) is 3.30. The van der Waals surface area contributed by atoms with Crippen molar-refractivity contribution in [2.45, 2.75) is 45.7 Å². The molecule has 5 nitrogen and oxygen atoms in total. The van der Waals surface area contributed by atoms with Crippen LogP contribution in [0.25, 0.3) is 22.4 Å². The maximum absolute atomic E-state index is 13.7. The third-order valence-corrected chi connectivity index (χ3v) is 5.29. The van der Waals surface area contributed by atoms with Crippen molar-refractivity contribution in [3.63, 3.8) is 0 Å². The van der Waals surface area contributed by atoms with Gasteiger partial charge in [0.25, 0.3) is 0 Å². The molecule has 1 aliphatic heterocycles. The monoisotopic (exact) mass is 452 g/mol. The molecule has 2 heterocycles. The fraction of sp³-hybridized carbons (Fsp3) is 0.364. The summed E-state index contributed by atoms with van der Waals surface area (Å²) in [5.74, 6) is 0.523. The van der Waals surface area contributed by atoms with Crippen molar-refractivity contribution in [1.82, 2.24) is 14.9 Å². The van der Waals surface area contributed by atoms with Gasteiger partial charge in [0.05, 0.1) is 17.1 Å². The van der Waals surface area contributed by atoms with E-state index in [4.69, 9.17) is 0 Å². The van der Waals surface area contributed by atoms with E-state index in [1.54, 1.807) is 6.07 Å². The zero-order valence-corrected chi connectivity index (χ0v) is 18.9. The van der Waals surface area contributed by atoms with E-state index >= 15 is 0 Å². The second-order valence-corrected chi connectivity index (χ2v) is 7.70. The minimum Gasteiger partial charge on any atom is -0.324 e. The summed E-state index contributed by atoms with van der Waals surface area (Å²) >= 11 is 0. The molecule has 0 saturated carbocycles. The highest BCUT2D eigenvalue weighted by molar-refractivity contribution is 5.96. The number of anilines is 1.